The van der Waals surface area contributed by atoms with Crippen LogP contribution in [-0.4, -0.2) is 27.3 Å². The van der Waals surface area contributed by atoms with Crippen LogP contribution in [0.4, 0.5) is 30.6 Å². The Bertz CT molecular complexity index is 1260. The van der Waals surface area contributed by atoms with E-state index in [1.807, 2.05) is 0 Å². The van der Waals surface area contributed by atoms with Gasteiger partial charge >= 0.3 is 6.03 Å². The van der Waals surface area contributed by atoms with Crippen LogP contribution in [0.25, 0.3) is 11.0 Å². The molecular formula is C20H14F2N6O2S. The van der Waals surface area contributed by atoms with Crippen molar-refractivity contribution in [2.75, 3.05) is 14.9 Å². The summed E-state index contributed by atoms with van der Waals surface area (Å²) in [5, 5.41) is 15.4. The third-order valence-electron chi connectivity index (χ3n) is 4.33. The summed E-state index contributed by atoms with van der Waals surface area (Å²) < 4.78 is 28.5. The number of amides is 3. The lowest BCUT2D eigenvalue weighted by Crippen LogP contribution is -2.26. The third kappa shape index (κ3) is 4.31. The summed E-state index contributed by atoms with van der Waals surface area (Å²) >= 11 is 4.19. The van der Waals surface area contributed by atoms with Crippen LogP contribution in [0.5, 0.6) is 0 Å². The van der Waals surface area contributed by atoms with Gasteiger partial charge in [-0.2, -0.15) is 0 Å². The molecule has 4 aromatic rings. The van der Waals surface area contributed by atoms with Crippen molar-refractivity contribution in [1.82, 2.24) is 15.4 Å². The average Bonchev–Trinajstić information content (AvgIpc) is 3.21. The van der Waals surface area contributed by atoms with Crippen molar-refractivity contribution < 1.29 is 18.4 Å². The number of carbonyl (C=O) groups excluding carboxylic acids is 2. The Balaban J connectivity index is 1.43. The number of nitrogens with zero attached hydrogens (tertiary/aromatic N) is 3. The lowest BCUT2D eigenvalue weighted by atomic mass is 10.1. The van der Waals surface area contributed by atoms with Gasteiger partial charge in [0.05, 0.1) is 11.2 Å². The smallest absolute Gasteiger partial charge is 0.322 e. The minimum atomic E-state index is -0.962. The van der Waals surface area contributed by atoms with Crippen molar-refractivity contribution in [1.29, 1.82) is 0 Å². The van der Waals surface area contributed by atoms with Gasteiger partial charge in [0.15, 0.2) is 0 Å². The lowest BCUT2D eigenvalue weighted by molar-refractivity contribution is 0.101. The van der Waals surface area contributed by atoms with Gasteiger partial charge in [0, 0.05) is 11.4 Å². The monoisotopic (exact) mass is 440 g/mol. The van der Waals surface area contributed by atoms with Gasteiger partial charge in [0.2, 0.25) is 0 Å². The maximum absolute atomic E-state index is 13.7. The second-order valence-electron chi connectivity index (χ2n) is 6.38. The fraction of sp³-hybridized carbons (Fsp3) is 0. The first-order valence-corrected chi connectivity index (χ1v) is 9.28. The molecule has 0 aliphatic carbocycles. The summed E-state index contributed by atoms with van der Waals surface area (Å²) in [4.78, 5) is 24.6. The molecule has 0 unspecified atom stereocenters. The van der Waals surface area contributed by atoms with E-state index in [2.05, 4.69) is 38.9 Å². The van der Waals surface area contributed by atoms with E-state index in [0.717, 1.165) is 22.0 Å². The van der Waals surface area contributed by atoms with Gasteiger partial charge in [0.25, 0.3) is 5.91 Å². The molecule has 11 heteroatoms. The van der Waals surface area contributed by atoms with Gasteiger partial charge in [-0.1, -0.05) is 24.1 Å². The molecule has 31 heavy (non-hydrogen) atoms. The summed E-state index contributed by atoms with van der Waals surface area (Å²) in [7, 11) is 0. The van der Waals surface area contributed by atoms with E-state index < -0.39 is 29.1 Å². The zero-order chi connectivity index (χ0) is 22.0. The van der Waals surface area contributed by atoms with E-state index in [4.69, 9.17) is 0 Å². The molecule has 8 nitrogen and oxygen atoms in total. The third-order valence-corrected chi connectivity index (χ3v) is 4.74. The molecule has 0 atom stereocenters. The molecule has 0 bridgehead atoms. The Kier molecular flexibility index (Phi) is 5.50. The van der Waals surface area contributed by atoms with Crippen LogP contribution in [-0.2, 0) is 0 Å². The zero-order valence-corrected chi connectivity index (χ0v) is 16.5. The number of thiol groups is 1. The Morgan fingerprint density at radius 2 is 1.61 bits per heavy atom. The molecule has 4 rings (SSSR count). The molecule has 1 aromatic heterocycles. The summed E-state index contributed by atoms with van der Waals surface area (Å²) in [5.41, 5.74) is 1.84. The lowest BCUT2D eigenvalue weighted by Gasteiger charge is -2.17. The maximum atomic E-state index is 13.7. The van der Waals surface area contributed by atoms with Crippen molar-refractivity contribution in [3.05, 3.63) is 77.9 Å². The van der Waals surface area contributed by atoms with Crippen LogP contribution in [0.3, 0.4) is 0 Å². The number of H-pyrrole nitrogens is 1. The van der Waals surface area contributed by atoms with Crippen LogP contribution >= 0.6 is 12.8 Å². The highest BCUT2D eigenvalue weighted by atomic mass is 32.1. The van der Waals surface area contributed by atoms with Gasteiger partial charge in [-0.05, 0) is 54.6 Å². The summed E-state index contributed by atoms with van der Waals surface area (Å²) in [6.07, 6.45) is 0. The van der Waals surface area contributed by atoms with Gasteiger partial charge in [-0.25, -0.2) is 17.9 Å². The molecule has 0 saturated carbocycles. The fourth-order valence-corrected chi connectivity index (χ4v) is 2.99. The van der Waals surface area contributed by atoms with Crippen LogP contribution in [0.1, 0.15) is 10.4 Å². The molecule has 3 aromatic carbocycles. The summed E-state index contributed by atoms with van der Waals surface area (Å²) in [5.74, 6) is -2.85. The maximum Gasteiger partial charge on any atom is 0.336 e. The number of aromatic nitrogens is 3. The van der Waals surface area contributed by atoms with Gasteiger partial charge in [-0.3, -0.25) is 9.89 Å². The molecule has 156 valence electrons. The number of hydrogen-bond acceptors (Lipinski definition) is 5. The standard InChI is InChI=1S/C20H14F2N6O2S/c21-14-2-1-3-15(22)18(14)19(29)23-11-4-7-13(8-5-11)28(31)20(30)24-12-6-9-16-17(10-12)26-27-25-16/h1-10,31H,(H,23,29)(H,24,30)(H,25,26,27). The summed E-state index contributed by atoms with van der Waals surface area (Å²) in [6, 6.07) is 13.7. The molecule has 1 heterocycles. The van der Waals surface area contributed by atoms with Crippen LogP contribution in [0, 0.1) is 11.6 Å². The van der Waals surface area contributed by atoms with Gasteiger partial charge < -0.3 is 10.6 Å². The number of urea groups is 1. The number of aromatic amines is 1. The summed E-state index contributed by atoms with van der Waals surface area (Å²) in [6.45, 7) is 0. The molecule has 0 aliphatic rings. The highest BCUT2D eigenvalue weighted by Crippen LogP contribution is 2.23. The van der Waals surface area contributed by atoms with E-state index in [1.54, 1.807) is 18.2 Å². The minimum absolute atomic E-state index is 0.287. The van der Waals surface area contributed by atoms with Crippen LogP contribution < -0.4 is 14.9 Å². The van der Waals surface area contributed by atoms with Crippen molar-refractivity contribution >= 4 is 52.8 Å². The number of carbonyl (C=O) groups is 2. The van der Waals surface area contributed by atoms with E-state index in [1.165, 1.54) is 30.3 Å². The number of fused-ring (bicyclic) bond motifs is 1. The first-order valence-electron chi connectivity index (χ1n) is 8.88. The number of halogens is 2. The molecule has 0 aliphatic heterocycles. The second kappa shape index (κ2) is 8.40. The first kappa shape index (κ1) is 20.3. The highest BCUT2D eigenvalue weighted by Gasteiger charge is 2.18. The van der Waals surface area contributed by atoms with Gasteiger partial charge in [0.1, 0.15) is 22.7 Å². The van der Waals surface area contributed by atoms with Crippen molar-refractivity contribution in [3.8, 4) is 0 Å². The molecule has 0 saturated heterocycles. The molecule has 0 spiro atoms. The van der Waals surface area contributed by atoms with Crippen molar-refractivity contribution in [2.45, 2.75) is 0 Å². The Morgan fingerprint density at radius 3 is 2.32 bits per heavy atom. The number of anilines is 3. The van der Waals surface area contributed by atoms with Crippen LogP contribution in [0.2, 0.25) is 0 Å². The van der Waals surface area contributed by atoms with E-state index in [-0.39, 0.29) is 5.69 Å². The Morgan fingerprint density at radius 1 is 0.935 bits per heavy atom. The minimum Gasteiger partial charge on any atom is -0.322 e. The number of benzene rings is 3. The fourth-order valence-electron chi connectivity index (χ4n) is 2.81. The topological polar surface area (TPSA) is 103 Å². The number of hydrogen-bond donors (Lipinski definition) is 4. The Hall–Kier alpha value is -3.99. The normalized spacial score (nSPS) is 10.7. The van der Waals surface area contributed by atoms with Crippen LogP contribution in [0.15, 0.2) is 60.7 Å². The SMILES string of the molecule is O=C(Nc1ccc(N(S)C(=O)Nc2ccc3[nH]nnc3c2)cc1)c1c(F)cccc1F. The second-order valence-corrected chi connectivity index (χ2v) is 6.78. The molecule has 3 N–H and O–H groups in total. The van der Waals surface area contributed by atoms with Gasteiger partial charge in [-0.15, -0.1) is 5.10 Å². The molecule has 3 amide bonds. The van der Waals surface area contributed by atoms with E-state index in [0.29, 0.717) is 16.9 Å². The largest absolute Gasteiger partial charge is 0.336 e. The molecule has 0 radical (unpaired) electrons. The zero-order valence-electron chi connectivity index (χ0n) is 15.6. The predicted molar refractivity (Wildman–Crippen MR) is 115 cm³/mol. The van der Waals surface area contributed by atoms with E-state index >= 15 is 0 Å². The molecular weight excluding hydrogens is 426 g/mol. The highest BCUT2D eigenvalue weighted by molar-refractivity contribution is 7.82. The van der Waals surface area contributed by atoms with Crippen molar-refractivity contribution in [3.63, 3.8) is 0 Å². The number of nitrogens with one attached hydrogen (secondary N) is 3. The van der Waals surface area contributed by atoms with Crippen molar-refractivity contribution in [2.24, 2.45) is 0 Å². The average molecular weight is 440 g/mol. The molecule has 0 fully saturated rings. The first-order chi connectivity index (χ1) is 14.9. The van der Waals surface area contributed by atoms with E-state index in [9.17, 15) is 18.4 Å². The predicted octanol–water partition coefficient (Wildman–Crippen LogP) is 4.37. The Labute approximate surface area is 179 Å². The quantitative estimate of drug-likeness (QED) is 0.354. The number of rotatable bonds is 4.